The van der Waals surface area contributed by atoms with Gasteiger partial charge in [-0.05, 0) is 0 Å². The second-order valence-electron chi connectivity index (χ2n) is 0.816. The second-order valence-corrected chi connectivity index (χ2v) is 2.45. The minimum atomic E-state index is -5.17. The van der Waals surface area contributed by atoms with Crippen molar-refractivity contribution < 1.29 is 51.5 Å². The third-order valence-electron chi connectivity index (χ3n) is 0. The van der Waals surface area contributed by atoms with Crippen molar-refractivity contribution in [2.24, 2.45) is 0 Å². The van der Waals surface area contributed by atoms with E-state index in [2.05, 4.69) is 0 Å². The Kier molecular flexibility index (Phi) is 9.20. The molecule has 0 saturated heterocycles. The molecular formula is NiO8S2-4. The number of rotatable bonds is 0. The topological polar surface area (TPSA) is 161 Å². The Morgan fingerprint density at radius 1 is 0.636 bits per heavy atom. The average molecular weight is 251 g/mol. The first-order chi connectivity index (χ1) is 4.00. The Labute approximate surface area is 72.7 Å². The van der Waals surface area contributed by atoms with Gasteiger partial charge in [-0.25, -0.2) is 0 Å². The molecule has 0 unspecified atom stereocenters. The molecule has 0 aliphatic carbocycles. The zero-order valence-corrected chi connectivity index (χ0v) is 7.02. The molecule has 0 aliphatic heterocycles. The van der Waals surface area contributed by atoms with Crippen LogP contribution in [-0.2, 0) is 37.3 Å². The van der Waals surface area contributed by atoms with Crippen LogP contribution in [0, 0.1) is 0 Å². The van der Waals surface area contributed by atoms with E-state index >= 15 is 0 Å². The molecule has 0 aromatic rings. The molecule has 0 N–H and O–H groups in total. The predicted octanol–water partition coefficient (Wildman–Crippen LogP) is -2.68. The maximum atomic E-state index is 8.52. The molecule has 0 bridgehead atoms. The second kappa shape index (κ2) is 5.83. The van der Waals surface area contributed by atoms with E-state index in [0.29, 0.717) is 0 Å². The summed E-state index contributed by atoms with van der Waals surface area (Å²) in [6, 6.07) is 0. The normalized spacial score (nSPS) is 10.5. The standard InChI is InChI=1S/Ni.2H2O4S/c;2*1-5(2,3)4/h;2*(H2,1,2,3,4)/p-4. The maximum Gasteiger partial charge on any atom is 0.0311 e. The van der Waals surface area contributed by atoms with Gasteiger partial charge < -0.3 is 18.2 Å². The molecule has 0 fully saturated rings. The van der Waals surface area contributed by atoms with Crippen LogP contribution in [-0.4, -0.2) is 35.0 Å². The van der Waals surface area contributed by atoms with Gasteiger partial charge >= 0.3 is 0 Å². The van der Waals surface area contributed by atoms with Crippen molar-refractivity contribution in [3.8, 4) is 0 Å². The van der Waals surface area contributed by atoms with Crippen molar-refractivity contribution in [2.45, 2.75) is 0 Å². The molecule has 0 aromatic carbocycles. The van der Waals surface area contributed by atoms with Gasteiger partial charge in [0, 0.05) is 37.3 Å². The van der Waals surface area contributed by atoms with Gasteiger partial charge in [0.1, 0.15) is 0 Å². The summed E-state index contributed by atoms with van der Waals surface area (Å²) in [6.45, 7) is 0. The molecule has 0 amide bonds. The summed E-state index contributed by atoms with van der Waals surface area (Å²) in [5, 5.41) is 0. The van der Waals surface area contributed by atoms with Crippen molar-refractivity contribution in [3.05, 3.63) is 0 Å². The molecule has 11 heavy (non-hydrogen) atoms. The van der Waals surface area contributed by atoms with E-state index in [0.717, 1.165) is 0 Å². The smallest absolute Gasteiger partial charge is 0.0311 e. The summed E-state index contributed by atoms with van der Waals surface area (Å²) in [5.74, 6) is 0. The van der Waals surface area contributed by atoms with Crippen LogP contribution in [0.1, 0.15) is 0 Å². The molecule has 11 heteroatoms. The monoisotopic (exact) mass is 250 g/mol. The predicted molar refractivity (Wildman–Crippen MR) is 20.9 cm³/mol. The summed E-state index contributed by atoms with van der Waals surface area (Å²) in [5.41, 5.74) is 0. The minimum absolute atomic E-state index is 0. The summed E-state index contributed by atoms with van der Waals surface area (Å²) in [6.07, 6.45) is 0. The molecule has 0 aromatic heterocycles. The number of hydrogen-bond acceptors (Lipinski definition) is 8. The molecule has 0 heterocycles. The van der Waals surface area contributed by atoms with Crippen LogP contribution in [0.4, 0.5) is 0 Å². The SMILES string of the molecule is O=S(=O)([O-])[O-].O=S(=O)([O-])[O-].[Ni]. The Morgan fingerprint density at radius 2 is 0.636 bits per heavy atom. The van der Waals surface area contributed by atoms with Crippen molar-refractivity contribution in [2.75, 3.05) is 0 Å². The Morgan fingerprint density at radius 3 is 0.636 bits per heavy atom. The molecular weight excluding hydrogens is 251 g/mol. The van der Waals surface area contributed by atoms with Crippen LogP contribution < -0.4 is 0 Å². The summed E-state index contributed by atoms with van der Waals surface area (Å²) in [7, 11) is -10.3. The first-order valence-electron chi connectivity index (χ1n) is 1.33. The fourth-order valence-electron chi connectivity index (χ4n) is 0. The van der Waals surface area contributed by atoms with Gasteiger partial charge in [0.05, 0.1) is 0 Å². The molecule has 0 spiro atoms. The maximum absolute atomic E-state index is 8.52. The average Bonchev–Trinajstić information content (AvgIpc) is 1.12. The van der Waals surface area contributed by atoms with Gasteiger partial charge in [-0.3, -0.25) is 16.8 Å². The van der Waals surface area contributed by atoms with Crippen LogP contribution in [0.15, 0.2) is 0 Å². The quantitative estimate of drug-likeness (QED) is 0.255. The molecule has 8 nitrogen and oxygen atoms in total. The van der Waals surface area contributed by atoms with E-state index in [1.807, 2.05) is 0 Å². The van der Waals surface area contributed by atoms with Gasteiger partial charge in [-0.2, -0.15) is 0 Å². The molecule has 0 rings (SSSR count). The van der Waals surface area contributed by atoms with E-state index in [-0.39, 0.29) is 16.5 Å². The van der Waals surface area contributed by atoms with Crippen molar-refractivity contribution >= 4 is 20.8 Å². The van der Waals surface area contributed by atoms with Gasteiger partial charge in [0.15, 0.2) is 0 Å². The fraction of sp³-hybridized carbons (Fsp3) is 0. The van der Waals surface area contributed by atoms with Crippen molar-refractivity contribution in [3.63, 3.8) is 0 Å². The number of hydrogen-bond donors (Lipinski definition) is 0. The third kappa shape index (κ3) is 12700. The van der Waals surface area contributed by atoms with Crippen LogP contribution in [0.3, 0.4) is 0 Å². The summed E-state index contributed by atoms with van der Waals surface area (Å²) in [4.78, 5) is 0. The van der Waals surface area contributed by atoms with Gasteiger partial charge in [0.2, 0.25) is 0 Å². The Bertz CT molecular complexity index is 208. The zero-order chi connectivity index (χ0) is 9.00. The Hall–Kier alpha value is 0.234. The van der Waals surface area contributed by atoms with Gasteiger partial charge in [0.25, 0.3) is 0 Å². The van der Waals surface area contributed by atoms with Crippen LogP contribution in [0.25, 0.3) is 0 Å². The third-order valence-corrected chi connectivity index (χ3v) is 0. The molecule has 74 valence electrons. The molecule has 0 atom stereocenters. The Balaban J connectivity index is -0.000000107. The van der Waals surface area contributed by atoms with Gasteiger partial charge in [-0.15, -0.1) is 0 Å². The first-order valence-corrected chi connectivity index (χ1v) is 4.00. The van der Waals surface area contributed by atoms with E-state index in [9.17, 15) is 0 Å². The molecule has 0 saturated carbocycles. The van der Waals surface area contributed by atoms with Crippen LogP contribution in [0.5, 0.6) is 0 Å². The molecule has 0 radical (unpaired) electrons. The van der Waals surface area contributed by atoms with E-state index in [1.54, 1.807) is 0 Å². The van der Waals surface area contributed by atoms with E-state index in [4.69, 9.17) is 35.0 Å². The van der Waals surface area contributed by atoms with Gasteiger partial charge in [-0.1, -0.05) is 0 Å². The first kappa shape index (κ1) is 17.4. The summed E-state index contributed by atoms with van der Waals surface area (Å²) < 4.78 is 68.2. The minimum Gasteiger partial charge on any atom is -0.759 e. The fourth-order valence-corrected chi connectivity index (χ4v) is 0. The van der Waals surface area contributed by atoms with Crippen molar-refractivity contribution in [1.82, 2.24) is 0 Å². The van der Waals surface area contributed by atoms with E-state index < -0.39 is 20.8 Å². The largest absolute Gasteiger partial charge is 0.759 e. The van der Waals surface area contributed by atoms with Crippen LogP contribution in [0.2, 0.25) is 0 Å². The molecule has 0 aliphatic rings. The van der Waals surface area contributed by atoms with E-state index in [1.165, 1.54) is 0 Å². The zero-order valence-electron chi connectivity index (χ0n) is 4.40. The van der Waals surface area contributed by atoms with Crippen LogP contribution >= 0.6 is 0 Å². The van der Waals surface area contributed by atoms with Crippen molar-refractivity contribution in [1.29, 1.82) is 0 Å². The summed E-state index contributed by atoms with van der Waals surface area (Å²) >= 11 is 0.